The summed E-state index contributed by atoms with van der Waals surface area (Å²) in [5.41, 5.74) is 0.352. The van der Waals surface area contributed by atoms with Crippen LogP contribution in [0.2, 0.25) is 0 Å². The smallest absolute Gasteiger partial charge is 0.422 e. The highest BCUT2D eigenvalue weighted by Gasteiger charge is 2.29. The maximum atomic E-state index is 12.2. The molecule has 0 bridgehead atoms. The van der Waals surface area contributed by atoms with Crippen LogP contribution in [0.3, 0.4) is 0 Å². The van der Waals surface area contributed by atoms with Crippen molar-refractivity contribution < 1.29 is 27.5 Å². The molecule has 1 aromatic rings. The van der Waals surface area contributed by atoms with Crippen molar-refractivity contribution in [2.45, 2.75) is 25.6 Å². The zero-order valence-corrected chi connectivity index (χ0v) is 12.2. The van der Waals surface area contributed by atoms with Crippen molar-refractivity contribution in [3.05, 3.63) is 23.9 Å². The summed E-state index contributed by atoms with van der Waals surface area (Å²) in [4.78, 5) is 26.8. The maximum absolute atomic E-state index is 12.2. The third-order valence-corrected chi connectivity index (χ3v) is 3.31. The lowest BCUT2D eigenvalue weighted by atomic mass is 9.98. The van der Waals surface area contributed by atoms with Gasteiger partial charge in [0.15, 0.2) is 6.61 Å². The Hall–Kier alpha value is -2.32. The molecule has 23 heavy (non-hydrogen) atoms. The van der Waals surface area contributed by atoms with Crippen LogP contribution in [0, 0.1) is 5.92 Å². The first kappa shape index (κ1) is 17.0. The number of halogens is 3. The Labute approximate surface area is 130 Å². The molecule has 0 aromatic carbocycles. The number of carbonyl (C=O) groups is 2. The van der Waals surface area contributed by atoms with E-state index >= 15 is 0 Å². The van der Waals surface area contributed by atoms with Crippen LogP contribution in [0.5, 0.6) is 5.88 Å². The van der Waals surface area contributed by atoms with Crippen molar-refractivity contribution >= 4 is 11.8 Å². The Morgan fingerprint density at radius 1 is 1.48 bits per heavy atom. The molecule has 6 nitrogen and oxygen atoms in total. The number of amides is 2. The lowest BCUT2D eigenvalue weighted by Gasteiger charge is -2.21. The summed E-state index contributed by atoms with van der Waals surface area (Å²) in [7, 11) is 0. The van der Waals surface area contributed by atoms with Crippen molar-refractivity contribution in [2.24, 2.45) is 5.92 Å². The molecule has 1 fully saturated rings. The molecule has 1 saturated heterocycles. The summed E-state index contributed by atoms with van der Waals surface area (Å²) < 4.78 is 41.3. The summed E-state index contributed by atoms with van der Waals surface area (Å²) in [6, 6.07) is 3.07. The molecule has 9 heteroatoms. The van der Waals surface area contributed by atoms with Crippen molar-refractivity contribution in [2.75, 3.05) is 13.2 Å². The predicted molar refractivity (Wildman–Crippen MR) is 73.4 cm³/mol. The highest BCUT2D eigenvalue weighted by Crippen LogP contribution is 2.20. The van der Waals surface area contributed by atoms with E-state index in [1.54, 1.807) is 6.07 Å². The summed E-state index contributed by atoms with van der Waals surface area (Å²) >= 11 is 0. The average Bonchev–Trinajstić information content (AvgIpc) is 2.51. The maximum Gasteiger partial charge on any atom is 0.422 e. The Kier molecular flexibility index (Phi) is 5.41. The van der Waals surface area contributed by atoms with Crippen LogP contribution in [0.4, 0.5) is 13.2 Å². The van der Waals surface area contributed by atoms with Gasteiger partial charge in [-0.3, -0.25) is 9.59 Å². The number of nitrogens with one attached hydrogen (secondary N) is 2. The van der Waals surface area contributed by atoms with Gasteiger partial charge in [-0.1, -0.05) is 6.07 Å². The number of rotatable bonds is 5. The van der Waals surface area contributed by atoms with Gasteiger partial charge in [-0.25, -0.2) is 4.98 Å². The van der Waals surface area contributed by atoms with Gasteiger partial charge < -0.3 is 15.4 Å². The average molecular weight is 331 g/mol. The number of carbonyl (C=O) groups excluding carboxylic acids is 2. The molecule has 1 aliphatic heterocycles. The fourth-order valence-electron chi connectivity index (χ4n) is 2.12. The number of ether oxygens (including phenoxy) is 1. The molecule has 0 spiro atoms. The third kappa shape index (κ3) is 5.42. The molecule has 2 amide bonds. The number of hydrogen-bond acceptors (Lipinski definition) is 4. The minimum absolute atomic E-state index is 0.00428. The van der Waals surface area contributed by atoms with Gasteiger partial charge in [-0.05, 0) is 12.5 Å². The van der Waals surface area contributed by atoms with Gasteiger partial charge >= 0.3 is 6.18 Å². The first-order valence-electron chi connectivity index (χ1n) is 7.03. The van der Waals surface area contributed by atoms with E-state index in [0.29, 0.717) is 12.0 Å². The highest BCUT2D eigenvalue weighted by atomic mass is 19.4. The fraction of sp³-hybridized carbons (Fsp3) is 0.500. The van der Waals surface area contributed by atoms with E-state index < -0.39 is 12.8 Å². The third-order valence-electron chi connectivity index (χ3n) is 3.31. The van der Waals surface area contributed by atoms with E-state index in [2.05, 4.69) is 20.4 Å². The fourth-order valence-corrected chi connectivity index (χ4v) is 2.12. The van der Waals surface area contributed by atoms with E-state index in [-0.39, 0.29) is 43.1 Å². The topological polar surface area (TPSA) is 80.3 Å². The van der Waals surface area contributed by atoms with Crippen molar-refractivity contribution in [3.8, 4) is 5.88 Å². The number of alkyl halides is 3. The minimum atomic E-state index is -4.46. The van der Waals surface area contributed by atoms with Crippen LogP contribution in [-0.4, -0.2) is 36.1 Å². The van der Waals surface area contributed by atoms with Crippen LogP contribution >= 0.6 is 0 Å². The van der Waals surface area contributed by atoms with Gasteiger partial charge in [0.2, 0.25) is 17.7 Å². The van der Waals surface area contributed by atoms with E-state index in [0.717, 1.165) is 0 Å². The van der Waals surface area contributed by atoms with Crippen LogP contribution in [0.25, 0.3) is 0 Å². The SMILES string of the molecule is O=C1CC[C@H](C(=O)NCc2cccnc2OCC(F)(F)F)CN1. The van der Waals surface area contributed by atoms with Crippen LogP contribution in [0.1, 0.15) is 18.4 Å². The zero-order chi connectivity index (χ0) is 16.9. The predicted octanol–water partition coefficient (Wildman–Crippen LogP) is 1.17. The first-order valence-corrected chi connectivity index (χ1v) is 7.03. The van der Waals surface area contributed by atoms with Gasteiger partial charge in [0, 0.05) is 31.3 Å². The molecule has 0 radical (unpaired) electrons. The van der Waals surface area contributed by atoms with Gasteiger partial charge in [-0.2, -0.15) is 13.2 Å². The van der Waals surface area contributed by atoms with E-state index in [1.165, 1.54) is 12.3 Å². The van der Waals surface area contributed by atoms with Crippen molar-refractivity contribution in [1.82, 2.24) is 15.6 Å². The van der Waals surface area contributed by atoms with E-state index in [9.17, 15) is 22.8 Å². The molecular weight excluding hydrogens is 315 g/mol. The van der Waals surface area contributed by atoms with Crippen LogP contribution in [0.15, 0.2) is 18.3 Å². The number of piperidine rings is 1. The molecule has 2 N–H and O–H groups in total. The molecule has 2 rings (SSSR count). The number of pyridine rings is 1. The Morgan fingerprint density at radius 2 is 2.26 bits per heavy atom. The summed E-state index contributed by atoms with van der Waals surface area (Å²) in [5.74, 6) is -0.870. The van der Waals surface area contributed by atoms with Gasteiger partial charge in [0.1, 0.15) is 0 Å². The Balaban J connectivity index is 1.90. The Bertz CT molecular complexity index is 568. The molecule has 0 saturated carbocycles. The van der Waals surface area contributed by atoms with Crippen LogP contribution < -0.4 is 15.4 Å². The molecule has 1 atom stereocenters. The number of nitrogens with zero attached hydrogens (tertiary/aromatic N) is 1. The monoisotopic (exact) mass is 331 g/mol. The molecule has 0 unspecified atom stereocenters. The van der Waals surface area contributed by atoms with Gasteiger partial charge in [0.05, 0.1) is 5.92 Å². The quantitative estimate of drug-likeness (QED) is 0.849. The molecular formula is C14H16F3N3O3. The van der Waals surface area contributed by atoms with Crippen LogP contribution in [-0.2, 0) is 16.1 Å². The number of aromatic nitrogens is 1. The number of hydrogen-bond donors (Lipinski definition) is 2. The molecule has 126 valence electrons. The summed E-state index contributed by atoms with van der Waals surface area (Å²) in [6.45, 7) is -1.18. The van der Waals surface area contributed by atoms with Gasteiger partial charge in [-0.15, -0.1) is 0 Å². The first-order chi connectivity index (χ1) is 10.8. The van der Waals surface area contributed by atoms with Crippen molar-refractivity contribution in [3.63, 3.8) is 0 Å². The Morgan fingerprint density at radius 3 is 2.91 bits per heavy atom. The minimum Gasteiger partial charge on any atom is -0.468 e. The normalized spacial score (nSPS) is 18.2. The lowest BCUT2D eigenvalue weighted by molar-refractivity contribution is -0.154. The summed E-state index contributed by atoms with van der Waals surface area (Å²) in [6.07, 6.45) is -2.42. The molecule has 2 heterocycles. The largest absolute Gasteiger partial charge is 0.468 e. The standard InChI is InChI=1S/C14H16F3N3O3/c15-14(16,17)8-23-13-10(2-1-5-18-13)7-20-12(22)9-3-4-11(21)19-6-9/h1-2,5,9H,3-4,6-8H2,(H,19,21)(H,20,22)/t9-/m0/s1. The highest BCUT2D eigenvalue weighted by molar-refractivity contribution is 5.83. The lowest BCUT2D eigenvalue weighted by Crippen LogP contribution is -2.42. The molecule has 1 aliphatic rings. The summed E-state index contributed by atoms with van der Waals surface area (Å²) in [5, 5.41) is 5.23. The van der Waals surface area contributed by atoms with Crippen molar-refractivity contribution in [1.29, 1.82) is 0 Å². The second-order valence-electron chi connectivity index (χ2n) is 5.13. The van der Waals surface area contributed by atoms with Gasteiger partial charge in [0.25, 0.3) is 0 Å². The molecule has 0 aliphatic carbocycles. The van der Waals surface area contributed by atoms with E-state index in [1.807, 2.05) is 0 Å². The molecule has 1 aromatic heterocycles. The second kappa shape index (κ2) is 7.30. The zero-order valence-electron chi connectivity index (χ0n) is 12.2. The van der Waals surface area contributed by atoms with E-state index in [4.69, 9.17) is 0 Å². The second-order valence-corrected chi connectivity index (χ2v) is 5.13.